The van der Waals surface area contributed by atoms with Gasteiger partial charge < -0.3 is 14.9 Å². The van der Waals surface area contributed by atoms with Gasteiger partial charge in [0.2, 0.25) is 0 Å². The van der Waals surface area contributed by atoms with Crippen molar-refractivity contribution in [2.45, 2.75) is 32.2 Å². The number of sulfone groups is 1. The maximum absolute atomic E-state index is 11.4. The molecule has 1 heterocycles. The standard InChI is InChI=1S/C13H18O5S/c1-8-3-4-12(10(5-8)9(2)14)18-13-7-19(16,17)6-11(13)15/h3-5,9,11,13-15H,6-7H2,1-2H3. The molecule has 1 aliphatic rings. The SMILES string of the molecule is Cc1ccc(OC2CS(=O)(=O)CC2O)c(C(C)O)c1. The van der Waals surface area contributed by atoms with Crippen LogP contribution in [0.3, 0.4) is 0 Å². The van der Waals surface area contributed by atoms with Crippen molar-refractivity contribution in [1.29, 1.82) is 0 Å². The van der Waals surface area contributed by atoms with Gasteiger partial charge in [-0.3, -0.25) is 0 Å². The molecule has 19 heavy (non-hydrogen) atoms. The van der Waals surface area contributed by atoms with Crippen LogP contribution >= 0.6 is 0 Å². The molecule has 1 saturated heterocycles. The van der Waals surface area contributed by atoms with Crippen LogP contribution in [0.5, 0.6) is 5.75 Å². The maximum atomic E-state index is 11.4. The summed E-state index contributed by atoms with van der Waals surface area (Å²) in [6, 6.07) is 5.29. The van der Waals surface area contributed by atoms with Gasteiger partial charge in [-0.05, 0) is 26.0 Å². The van der Waals surface area contributed by atoms with Gasteiger partial charge in [0, 0.05) is 5.56 Å². The Morgan fingerprint density at radius 3 is 2.58 bits per heavy atom. The highest BCUT2D eigenvalue weighted by molar-refractivity contribution is 7.91. The summed E-state index contributed by atoms with van der Waals surface area (Å²) in [5, 5.41) is 19.4. The summed E-state index contributed by atoms with van der Waals surface area (Å²) in [6.07, 6.45) is -2.51. The highest BCUT2D eigenvalue weighted by atomic mass is 32.2. The molecular weight excluding hydrogens is 268 g/mol. The lowest BCUT2D eigenvalue weighted by Gasteiger charge is -2.19. The smallest absolute Gasteiger partial charge is 0.156 e. The first kappa shape index (κ1) is 14.3. The predicted octanol–water partition coefficient (Wildman–Crippen LogP) is 0.585. The number of hydrogen-bond donors (Lipinski definition) is 2. The van der Waals surface area contributed by atoms with E-state index in [1.54, 1.807) is 19.1 Å². The molecule has 0 spiro atoms. The molecule has 2 N–H and O–H groups in total. The van der Waals surface area contributed by atoms with E-state index in [-0.39, 0.29) is 11.5 Å². The monoisotopic (exact) mass is 286 g/mol. The van der Waals surface area contributed by atoms with Crippen molar-refractivity contribution in [1.82, 2.24) is 0 Å². The minimum atomic E-state index is -3.24. The summed E-state index contributed by atoms with van der Waals surface area (Å²) in [7, 11) is -3.24. The number of aliphatic hydroxyl groups excluding tert-OH is 2. The van der Waals surface area contributed by atoms with Crippen molar-refractivity contribution in [3.05, 3.63) is 29.3 Å². The van der Waals surface area contributed by atoms with Gasteiger partial charge in [-0.15, -0.1) is 0 Å². The van der Waals surface area contributed by atoms with Crippen LogP contribution in [0.2, 0.25) is 0 Å². The van der Waals surface area contributed by atoms with Crippen LogP contribution in [-0.2, 0) is 9.84 Å². The first-order chi connectivity index (χ1) is 8.78. The molecule has 3 unspecified atom stereocenters. The molecule has 0 saturated carbocycles. The lowest BCUT2D eigenvalue weighted by Crippen LogP contribution is -2.30. The summed E-state index contributed by atoms with van der Waals surface area (Å²) < 4.78 is 28.4. The van der Waals surface area contributed by atoms with Crippen molar-refractivity contribution in [2.24, 2.45) is 0 Å². The van der Waals surface area contributed by atoms with Crippen molar-refractivity contribution in [3.63, 3.8) is 0 Å². The van der Waals surface area contributed by atoms with Gasteiger partial charge in [0.1, 0.15) is 18.0 Å². The normalized spacial score (nSPS) is 27.2. The molecule has 1 aromatic carbocycles. The Morgan fingerprint density at radius 1 is 1.37 bits per heavy atom. The Balaban J connectivity index is 2.25. The molecule has 106 valence electrons. The fourth-order valence-electron chi connectivity index (χ4n) is 2.17. The molecule has 0 amide bonds. The van der Waals surface area contributed by atoms with Crippen LogP contribution in [0.15, 0.2) is 18.2 Å². The minimum Gasteiger partial charge on any atom is -0.486 e. The zero-order chi connectivity index (χ0) is 14.2. The fourth-order valence-corrected chi connectivity index (χ4v) is 3.84. The average molecular weight is 286 g/mol. The Hall–Kier alpha value is -1.11. The Bertz CT molecular complexity index is 564. The maximum Gasteiger partial charge on any atom is 0.156 e. The van der Waals surface area contributed by atoms with E-state index < -0.39 is 28.1 Å². The largest absolute Gasteiger partial charge is 0.486 e. The van der Waals surface area contributed by atoms with Gasteiger partial charge in [-0.2, -0.15) is 0 Å². The predicted molar refractivity (Wildman–Crippen MR) is 70.9 cm³/mol. The quantitative estimate of drug-likeness (QED) is 0.849. The van der Waals surface area contributed by atoms with Crippen LogP contribution in [0, 0.1) is 6.92 Å². The molecule has 6 heteroatoms. The second kappa shape index (κ2) is 5.11. The lowest BCUT2D eigenvalue weighted by atomic mass is 10.1. The van der Waals surface area contributed by atoms with Crippen LogP contribution in [0.1, 0.15) is 24.2 Å². The van der Waals surface area contributed by atoms with E-state index in [0.29, 0.717) is 11.3 Å². The Morgan fingerprint density at radius 2 is 2.05 bits per heavy atom. The summed E-state index contributed by atoms with van der Waals surface area (Å²) >= 11 is 0. The molecule has 5 nitrogen and oxygen atoms in total. The number of hydrogen-bond acceptors (Lipinski definition) is 5. The summed E-state index contributed by atoms with van der Waals surface area (Å²) in [4.78, 5) is 0. The third-order valence-corrected chi connectivity index (χ3v) is 4.85. The van der Waals surface area contributed by atoms with E-state index in [2.05, 4.69) is 0 Å². The molecule has 0 aliphatic carbocycles. The molecule has 0 bridgehead atoms. The third-order valence-electron chi connectivity index (χ3n) is 3.17. The fraction of sp³-hybridized carbons (Fsp3) is 0.538. The van der Waals surface area contributed by atoms with Gasteiger partial charge in [0.05, 0.1) is 17.6 Å². The second-order valence-corrected chi connectivity index (χ2v) is 7.17. The van der Waals surface area contributed by atoms with E-state index >= 15 is 0 Å². The molecule has 0 radical (unpaired) electrons. The van der Waals surface area contributed by atoms with Gasteiger partial charge >= 0.3 is 0 Å². The third kappa shape index (κ3) is 3.26. The highest BCUT2D eigenvalue weighted by Gasteiger charge is 2.38. The zero-order valence-corrected chi connectivity index (χ0v) is 11.7. The molecule has 3 atom stereocenters. The van der Waals surface area contributed by atoms with E-state index in [9.17, 15) is 18.6 Å². The van der Waals surface area contributed by atoms with Crippen LogP contribution in [0.4, 0.5) is 0 Å². The summed E-state index contributed by atoms with van der Waals surface area (Å²) in [6.45, 7) is 3.51. The second-order valence-electron chi connectivity index (χ2n) is 5.02. The lowest BCUT2D eigenvalue weighted by molar-refractivity contribution is 0.0707. The topological polar surface area (TPSA) is 83.8 Å². The first-order valence-corrected chi connectivity index (χ1v) is 7.94. The first-order valence-electron chi connectivity index (χ1n) is 6.12. The number of benzene rings is 1. The molecular formula is C13H18O5S. The molecule has 1 aromatic rings. The van der Waals surface area contributed by atoms with Crippen molar-refractivity contribution >= 4 is 9.84 Å². The van der Waals surface area contributed by atoms with E-state index in [0.717, 1.165) is 5.56 Å². The van der Waals surface area contributed by atoms with Gasteiger partial charge in [0.15, 0.2) is 9.84 Å². The average Bonchev–Trinajstić information content (AvgIpc) is 2.54. The number of aryl methyl sites for hydroxylation is 1. The van der Waals surface area contributed by atoms with E-state index in [4.69, 9.17) is 4.74 Å². The zero-order valence-electron chi connectivity index (χ0n) is 10.9. The van der Waals surface area contributed by atoms with E-state index in [1.165, 1.54) is 0 Å². The van der Waals surface area contributed by atoms with Crippen molar-refractivity contribution in [3.8, 4) is 5.75 Å². The number of rotatable bonds is 3. The van der Waals surface area contributed by atoms with Gasteiger partial charge in [-0.25, -0.2) is 8.42 Å². The number of ether oxygens (including phenoxy) is 1. The summed E-state index contributed by atoms with van der Waals surface area (Å²) in [5.74, 6) is -0.0452. The Labute approximate surface area is 112 Å². The van der Waals surface area contributed by atoms with E-state index in [1.807, 2.05) is 13.0 Å². The minimum absolute atomic E-state index is 0.193. The van der Waals surface area contributed by atoms with Gasteiger partial charge in [-0.1, -0.05) is 11.6 Å². The van der Waals surface area contributed by atoms with Gasteiger partial charge in [0.25, 0.3) is 0 Å². The van der Waals surface area contributed by atoms with Crippen LogP contribution in [0.25, 0.3) is 0 Å². The Kier molecular flexibility index (Phi) is 3.85. The van der Waals surface area contributed by atoms with Crippen LogP contribution < -0.4 is 4.74 Å². The molecule has 0 aromatic heterocycles. The van der Waals surface area contributed by atoms with Crippen molar-refractivity contribution in [2.75, 3.05) is 11.5 Å². The van der Waals surface area contributed by atoms with Crippen molar-refractivity contribution < 1.29 is 23.4 Å². The van der Waals surface area contributed by atoms with Crippen LogP contribution in [-0.4, -0.2) is 42.3 Å². The molecule has 1 fully saturated rings. The molecule has 1 aliphatic heterocycles. The number of aliphatic hydroxyl groups is 2. The molecule has 2 rings (SSSR count). The highest BCUT2D eigenvalue weighted by Crippen LogP contribution is 2.29. The summed E-state index contributed by atoms with van der Waals surface area (Å²) in [5.41, 5.74) is 1.57.